The number of nitrogens with one attached hydrogen (secondary N) is 1. The molecule has 1 aliphatic rings. The highest BCUT2D eigenvalue weighted by Crippen LogP contribution is 2.20. The van der Waals surface area contributed by atoms with Gasteiger partial charge in [0.05, 0.1) is 5.69 Å². The molecule has 26 heavy (non-hydrogen) atoms. The monoisotopic (exact) mass is 390 g/mol. The second-order valence-corrected chi connectivity index (χ2v) is 7.24. The van der Waals surface area contributed by atoms with Crippen molar-refractivity contribution in [1.29, 1.82) is 0 Å². The molecule has 0 spiro atoms. The van der Waals surface area contributed by atoms with Gasteiger partial charge in [0.1, 0.15) is 10.6 Å². The van der Waals surface area contributed by atoms with Crippen molar-refractivity contribution < 1.29 is 9.59 Å². The highest BCUT2D eigenvalue weighted by atomic mass is 35.5. The first-order valence-corrected chi connectivity index (χ1v) is 9.57. The number of nitrogens with zero attached hydrogens (tertiary/aromatic N) is 3. The molecule has 2 aromatic rings. The Balaban J connectivity index is 1.90. The quantitative estimate of drug-likeness (QED) is 0.813. The van der Waals surface area contributed by atoms with Gasteiger partial charge in [-0.1, -0.05) is 34.3 Å². The summed E-state index contributed by atoms with van der Waals surface area (Å²) in [5.41, 5.74) is 1.42. The number of carbonyl (C=O) groups excluding carboxylic acids is 2. The second kappa shape index (κ2) is 8.42. The molecule has 1 aromatic heterocycles. The van der Waals surface area contributed by atoms with E-state index in [0.717, 1.165) is 30.8 Å². The lowest BCUT2D eigenvalue weighted by Crippen LogP contribution is -2.41. The maximum absolute atomic E-state index is 13.0. The largest absolute Gasteiger partial charge is 0.337 e. The Morgan fingerprint density at radius 3 is 2.62 bits per heavy atom. The molecule has 136 valence electrons. The maximum Gasteiger partial charge on any atom is 0.270 e. The van der Waals surface area contributed by atoms with Gasteiger partial charge in [-0.15, -0.1) is 5.10 Å². The first kappa shape index (κ1) is 18.5. The fourth-order valence-electron chi connectivity index (χ4n) is 2.79. The molecule has 0 bridgehead atoms. The number of piperidine rings is 1. The third-order valence-electron chi connectivity index (χ3n) is 4.18. The molecule has 0 aliphatic carbocycles. The molecular formula is C18H19ClN4O2S. The molecular weight excluding hydrogens is 372 g/mol. The minimum Gasteiger partial charge on any atom is -0.337 e. The minimum atomic E-state index is -0.388. The average Bonchev–Trinajstić information content (AvgIpc) is 3.09. The molecule has 3 rings (SSSR count). The van der Waals surface area contributed by atoms with Crippen molar-refractivity contribution in [2.75, 3.05) is 13.1 Å². The SMILES string of the molecule is Cc1nnsc1C(=O)N/C(=C/c1ccccc1Cl)C(=O)N1CCCCC1. The van der Waals surface area contributed by atoms with E-state index in [1.807, 2.05) is 12.1 Å². The van der Waals surface area contributed by atoms with Crippen LogP contribution in [0, 0.1) is 6.92 Å². The molecule has 1 fully saturated rings. The van der Waals surface area contributed by atoms with E-state index in [1.54, 1.807) is 30.0 Å². The van der Waals surface area contributed by atoms with Crippen LogP contribution in [0.3, 0.4) is 0 Å². The molecule has 8 heteroatoms. The van der Waals surface area contributed by atoms with Crippen molar-refractivity contribution >= 4 is 41.0 Å². The number of hydrogen-bond donors (Lipinski definition) is 1. The number of aryl methyl sites for hydroxylation is 1. The van der Waals surface area contributed by atoms with Crippen molar-refractivity contribution in [2.24, 2.45) is 0 Å². The fourth-order valence-corrected chi connectivity index (χ4v) is 3.53. The van der Waals surface area contributed by atoms with Gasteiger partial charge in [0, 0.05) is 18.1 Å². The summed E-state index contributed by atoms with van der Waals surface area (Å²) in [6.45, 7) is 3.09. The highest BCUT2D eigenvalue weighted by Gasteiger charge is 2.24. The molecule has 1 aliphatic heterocycles. The van der Waals surface area contributed by atoms with E-state index in [1.165, 1.54) is 0 Å². The van der Waals surface area contributed by atoms with Crippen LogP contribution in [0.25, 0.3) is 6.08 Å². The number of benzene rings is 1. The van der Waals surface area contributed by atoms with E-state index < -0.39 is 0 Å². The lowest BCUT2D eigenvalue weighted by Gasteiger charge is -2.27. The predicted molar refractivity (Wildman–Crippen MR) is 102 cm³/mol. The normalized spacial score (nSPS) is 15.0. The number of halogens is 1. The zero-order chi connectivity index (χ0) is 18.5. The van der Waals surface area contributed by atoms with Crippen molar-refractivity contribution in [3.63, 3.8) is 0 Å². The van der Waals surface area contributed by atoms with Gasteiger partial charge in [-0.05, 0) is 55.4 Å². The topological polar surface area (TPSA) is 75.2 Å². The van der Waals surface area contributed by atoms with Crippen LogP contribution in [0.2, 0.25) is 5.02 Å². The van der Waals surface area contributed by atoms with Gasteiger partial charge in [0.2, 0.25) is 0 Å². The van der Waals surface area contributed by atoms with Gasteiger partial charge in [-0.2, -0.15) is 0 Å². The Kier molecular flexibility index (Phi) is 6.00. The highest BCUT2D eigenvalue weighted by molar-refractivity contribution is 7.08. The van der Waals surface area contributed by atoms with Gasteiger partial charge in [0.25, 0.3) is 11.8 Å². The Labute approximate surface area is 161 Å². The summed E-state index contributed by atoms with van der Waals surface area (Å²) in [5.74, 6) is -0.589. The molecule has 1 N–H and O–H groups in total. The summed E-state index contributed by atoms with van der Waals surface area (Å²) in [6, 6.07) is 7.20. The summed E-state index contributed by atoms with van der Waals surface area (Å²) in [4.78, 5) is 27.7. The van der Waals surface area contributed by atoms with Gasteiger partial charge < -0.3 is 10.2 Å². The first-order valence-electron chi connectivity index (χ1n) is 8.42. The zero-order valence-electron chi connectivity index (χ0n) is 14.4. The van der Waals surface area contributed by atoms with Crippen LogP contribution in [0.1, 0.15) is 40.2 Å². The van der Waals surface area contributed by atoms with Crippen LogP contribution >= 0.6 is 23.1 Å². The van der Waals surface area contributed by atoms with E-state index in [2.05, 4.69) is 14.9 Å². The molecule has 0 saturated carbocycles. The van der Waals surface area contributed by atoms with Crippen molar-refractivity contribution in [1.82, 2.24) is 19.8 Å². The summed E-state index contributed by atoms with van der Waals surface area (Å²) in [6.07, 6.45) is 4.68. The zero-order valence-corrected chi connectivity index (χ0v) is 15.9. The number of hydrogen-bond acceptors (Lipinski definition) is 5. The van der Waals surface area contributed by atoms with Crippen LogP contribution in [0.15, 0.2) is 30.0 Å². The number of aromatic nitrogens is 2. The third-order valence-corrected chi connectivity index (χ3v) is 5.36. The molecule has 1 saturated heterocycles. The number of likely N-dealkylation sites (tertiary alicyclic amines) is 1. The standard InChI is InChI=1S/C18H19ClN4O2S/c1-12-16(26-22-21-12)17(24)20-15(11-13-7-3-4-8-14(13)19)18(25)23-9-5-2-6-10-23/h3-4,7-8,11H,2,5-6,9-10H2,1H3,(H,20,24)/b15-11+. The summed E-state index contributed by atoms with van der Waals surface area (Å²) in [7, 11) is 0. The van der Waals surface area contributed by atoms with E-state index >= 15 is 0 Å². The number of rotatable bonds is 4. The van der Waals surface area contributed by atoms with Gasteiger partial charge in [-0.25, -0.2) is 0 Å². The Morgan fingerprint density at radius 2 is 1.96 bits per heavy atom. The predicted octanol–water partition coefficient (Wildman–Crippen LogP) is 3.28. The van der Waals surface area contributed by atoms with Crippen LogP contribution < -0.4 is 5.32 Å². The number of carbonyl (C=O) groups is 2. The smallest absolute Gasteiger partial charge is 0.270 e. The van der Waals surface area contributed by atoms with Crippen LogP contribution in [0.4, 0.5) is 0 Å². The van der Waals surface area contributed by atoms with Gasteiger partial charge in [0.15, 0.2) is 0 Å². The van der Waals surface area contributed by atoms with Crippen LogP contribution in [-0.4, -0.2) is 39.4 Å². The van der Waals surface area contributed by atoms with Crippen molar-refractivity contribution in [3.05, 3.63) is 51.1 Å². The Hall–Kier alpha value is -2.25. The second-order valence-electron chi connectivity index (χ2n) is 6.07. The van der Waals surface area contributed by atoms with E-state index in [-0.39, 0.29) is 17.5 Å². The molecule has 2 amide bonds. The molecule has 0 unspecified atom stereocenters. The summed E-state index contributed by atoms with van der Waals surface area (Å²) < 4.78 is 3.78. The van der Waals surface area contributed by atoms with E-state index in [9.17, 15) is 9.59 Å². The van der Waals surface area contributed by atoms with E-state index in [4.69, 9.17) is 11.6 Å². The third kappa shape index (κ3) is 4.28. The Morgan fingerprint density at radius 1 is 1.23 bits per heavy atom. The lowest BCUT2D eigenvalue weighted by atomic mass is 10.1. The fraction of sp³-hybridized carbons (Fsp3) is 0.333. The number of amides is 2. The average molecular weight is 391 g/mol. The minimum absolute atomic E-state index is 0.201. The molecule has 6 nitrogen and oxygen atoms in total. The van der Waals surface area contributed by atoms with Gasteiger partial charge >= 0.3 is 0 Å². The van der Waals surface area contributed by atoms with Crippen molar-refractivity contribution in [2.45, 2.75) is 26.2 Å². The summed E-state index contributed by atoms with van der Waals surface area (Å²) in [5, 5.41) is 7.10. The summed E-state index contributed by atoms with van der Waals surface area (Å²) >= 11 is 7.23. The molecule has 0 radical (unpaired) electrons. The first-order chi connectivity index (χ1) is 12.6. The maximum atomic E-state index is 13.0. The van der Waals surface area contributed by atoms with Crippen molar-refractivity contribution in [3.8, 4) is 0 Å². The van der Waals surface area contributed by atoms with E-state index in [0.29, 0.717) is 34.2 Å². The molecule has 1 aromatic carbocycles. The van der Waals surface area contributed by atoms with Crippen LogP contribution in [-0.2, 0) is 4.79 Å². The molecule has 0 atom stereocenters. The van der Waals surface area contributed by atoms with Crippen LogP contribution in [0.5, 0.6) is 0 Å². The lowest BCUT2D eigenvalue weighted by molar-refractivity contribution is -0.128. The van der Waals surface area contributed by atoms with Gasteiger partial charge in [-0.3, -0.25) is 9.59 Å². The molecule has 2 heterocycles. The Bertz CT molecular complexity index is 843.